The number of unbranched alkanes of at least 4 members (excludes halogenated alkanes) is 3. The summed E-state index contributed by atoms with van der Waals surface area (Å²) < 4.78 is 0. The van der Waals surface area contributed by atoms with Crippen molar-refractivity contribution in [2.75, 3.05) is 5.32 Å². The van der Waals surface area contributed by atoms with E-state index < -0.39 is 0 Å². The van der Waals surface area contributed by atoms with Gasteiger partial charge in [-0.15, -0.1) is 0 Å². The van der Waals surface area contributed by atoms with Gasteiger partial charge in [-0.3, -0.25) is 0 Å². The predicted octanol–water partition coefficient (Wildman–Crippen LogP) is 4.63. The summed E-state index contributed by atoms with van der Waals surface area (Å²) in [6, 6.07) is 9.44. The molecule has 1 aliphatic heterocycles. The Hall–Kier alpha value is -0.980. The minimum atomic E-state index is 0.682. The second-order valence-corrected chi connectivity index (χ2v) is 5.44. The van der Waals surface area contributed by atoms with Gasteiger partial charge in [-0.05, 0) is 30.4 Å². The molecule has 1 N–H and O–H groups in total. The Morgan fingerprint density at radius 3 is 2.82 bits per heavy atom. The quantitative estimate of drug-likeness (QED) is 0.728. The SMILES string of the molecule is CCCCCCC1Nc2ccccc2CC1C. The van der Waals surface area contributed by atoms with Crippen molar-refractivity contribution in [3.63, 3.8) is 0 Å². The summed E-state index contributed by atoms with van der Waals surface area (Å²) in [6.45, 7) is 4.66. The Bertz CT molecular complexity index is 345. The average Bonchev–Trinajstić information content (AvgIpc) is 2.35. The fourth-order valence-electron chi connectivity index (χ4n) is 2.82. The first-order chi connectivity index (χ1) is 8.31. The summed E-state index contributed by atoms with van der Waals surface area (Å²) in [5.74, 6) is 0.770. The van der Waals surface area contributed by atoms with E-state index in [0.717, 1.165) is 5.92 Å². The first-order valence-electron chi connectivity index (χ1n) is 7.15. The molecule has 1 heteroatoms. The molecule has 0 amide bonds. The van der Waals surface area contributed by atoms with E-state index in [2.05, 4.69) is 43.4 Å². The monoisotopic (exact) mass is 231 g/mol. The van der Waals surface area contributed by atoms with Crippen LogP contribution < -0.4 is 5.32 Å². The second-order valence-electron chi connectivity index (χ2n) is 5.44. The molecule has 17 heavy (non-hydrogen) atoms. The van der Waals surface area contributed by atoms with E-state index in [1.54, 1.807) is 0 Å². The maximum atomic E-state index is 3.72. The molecule has 1 aliphatic rings. The smallest absolute Gasteiger partial charge is 0.0375 e. The number of rotatable bonds is 5. The highest BCUT2D eigenvalue weighted by Gasteiger charge is 2.23. The fourth-order valence-corrected chi connectivity index (χ4v) is 2.82. The molecule has 1 aromatic carbocycles. The zero-order valence-electron chi connectivity index (χ0n) is 11.2. The minimum absolute atomic E-state index is 0.682. The van der Waals surface area contributed by atoms with Gasteiger partial charge < -0.3 is 5.32 Å². The summed E-state index contributed by atoms with van der Waals surface area (Å²) in [5, 5.41) is 3.72. The molecule has 1 nitrogen and oxygen atoms in total. The van der Waals surface area contributed by atoms with E-state index in [1.807, 2.05) is 0 Å². The number of anilines is 1. The maximum absolute atomic E-state index is 3.72. The van der Waals surface area contributed by atoms with Crippen LogP contribution in [0.2, 0.25) is 0 Å². The van der Waals surface area contributed by atoms with E-state index in [1.165, 1.54) is 49.8 Å². The van der Waals surface area contributed by atoms with Crippen LogP contribution in [0, 0.1) is 5.92 Å². The minimum Gasteiger partial charge on any atom is -0.382 e. The highest BCUT2D eigenvalue weighted by atomic mass is 14.9. The van der Waals surface area contributed by atoms with Crippen molar-refractivity contribution < 1.29 is 0 Å². The molecule has 94 valence electrons. The van der Waals surface area contributed by atoms with Gasteiger partial charge in [0.15, 0.2) is 0 Å². The lowest BCUT2D eigenvalue weighted by Gasteiger charge is -2.32. The maximum Gasteiger partial charge on any atom is 0.0375 e. The van der Waals surface area contributed by atoms with Gasteiger partial charge in [0.25, 0.3) is 0 Å². The molecule has 0 bridgehead atoms. The summed E-state index contributed by atoms with van der Waals surface area (Å²) in [4.78, 5) is 0. The topological polar surface area (TPSA) is 12.0 Å². The standard InChI is InChI=1S/C16H25N/c1-3-4-5-6-10-15-13(2)12-14-9-7-8-11-16(14)17-15/h7-9,11,13,15,17H,3-6,10,12H2,1-2H3. The summed E-state index contributed by atoms with van der Waals surface area (Å²) in [5.41, 5.74) is 2.86. The number of hydrogen-bond acceptors (Lipinski definition) is 1. The van der Waals surface area contributed by atoms with E-state index in [0.29, 0.717) is 6.04 Å². The van der Waals surface area contributed by atoms with Crippen LogP contribution in [0.4, 0.5) is 5.69 Å². The lowest BCUT2D eigenvalue weighted by atomic mass is 9.86. The normalized spacial score (nSPS) is 22.9. The van der Waals surface area contributed by atoms with Gasteiger partial charge in [-0.25, -0.2) is 0 Å². The highest BCUT2D eigenvalue weighted by Crippen LogP contribution is 2.30. The molecule has 2 rings (SSSR count). The van der Waals surface area contributed by atoms with E-state index in [-0.39, 0.29) is 0 Å². The molecule has 0 saturated heterocycles. The number of fused-ring (bicyclic) bond motifs is 1. The average molecular weight is 231 g/mol. The van der Waals surface area contributed by atoms with Crippen molar-refractivity contribution in [2.24, 2.45) is 5.92 Å². The molecule has 2 unspecified atom stereocenters. The Labute approximate surface area is 106 Å². The zero-order chi connectivity index (χ0) is 12.1. The van der Waals surface area contributed by atoms with Crippen LogP contribution in [0.15, 0.2) is 24.3 Å². The van der Waals surface area contributed by atoms with Crippen molar-refractivity contribution in [1.29, 1.82) is 0 Å². The van der Waals surface area contributed by atoms with Crippen LogP contribution in [0.25, 0.3) is 0 Å². The van der Waals surface area contributed by atoms with Crippen molar-refractivity contribution >= 4 is 5.69 Å². The number of para-hydroxylation sites is 1. The first-order valence-corrected chi connectivity index (χ1v) is 7.15. The van der Waals surface area contributed by atoms with Crippen LogP contribution in [0.5, 0.6) is 0 Å². The third kappa shape index (κ3) is 3.24. The summed E-state index contributed by atoms with van der Waals surface area (Å²) in [7, 11) is 0. The third-order valence-electron chi connectivity index (χ3n) is 3.96. The molecule has 0 saturated carbocycles. The fraction of sp³-hybridized carbons (Fsp3) is 0.625. The summed E-state index contributed by atoms with van der Waals surface area (Å²) in [6.07, 6.45) is 8.05. The van der Waals surface area contributed by atoms with Gasteiger partial charge in [-0.2, -0.15) is 0 Å². The Morgan fingerprint density at radius 2 is 2.00 bits per heavy atom. The van der Waals surface area contributed by atoms with Crippen molar-refractivity contribution in [1.82, 2.24) is 0 Å². The van der Waals surface area contributed by atoms with Gasteiger partial charge in [0.2, 0.25) is 0 Å². The van der Waals surface area contributed by atoms with E-state index in [9.17, 15) is 0 Å². The number of benzene rings is 1. The van der Waals surface area contributed by atoms with Crippen molar-refractivity contribution in [2.45, 2.75) is 58.4 Å². The predicted molar refractivity (Wildman–Crippen MR) is 75.5 cm³/mol. The largest absolute Gasteiger partial charge is 0.382 e. The number of hydrogen-bond donors (Lipinski definition) is 1. The first kappa shape index (κ1) is 12.5. The molecule has 0 spiro atoms. The van der Waals surface area contributed by atoms with Crippen LogP contribution >= 0.6 is 0 Å². The Morgan fingerprint density at radius 1 is 1.18 bits per heavy atom. The lowest BCUT2D eigenvalue weighted by molar-refractivity contribution is 0.424. The van der Waals surface area contributed by atoms with Crippen LogP contribution in [0.3, 0.4) is 0 Å². The molecular weight excluding hydrogens is 206 g/mol. The zero-order valence-corrected chi connectivity index (χ0v) is 11.2. The van der Waals surface area contributed by atoms with E-state index in [4.69, 9.17) is 0 Å². The van der Waals surface area contributed by atoms with Gasteiger partial charge in [0.1, 0.15) is 0 Å². The van der Waals surface area contributed by atoms with Crippen LogP contribution in [-0.4, -0.2) is 6.04 Å². The molecule has 2 atom stereocenters. The Balaban J connectivity index is 1.89. The molecule has 0 fully saturated rings. The molecular formula is C16H25N. The van der Waals surface area contributed by atoms with Crippen molar-refractivity contribution in [3.8, 4) is 0 Å². The number of nitrogens with one attached hydrogen (secondary N) is 1. The molecule has 0 radical (unpaired) electrons. The van der Waals surface area contributed by atoms with Gasteiger partial charge >= 0.3 is 0 Å². The highest BCUT2D eigenvalue weighted by molar-refractivity contribution is 5.54. The molecule has 0 aromatic heterocycles. The van der Waals surface area contributed by atoms with Crippen LogP contribution in [0.1, 0.15) is 51.5 Å². The second kappa shape index (κ2) is 6.09. The van der Waals surface area contributed by atoms with Gasteiger partial charge in [0.05, 0.1) is 0 Å². The van der Waals surface area contributed by atoms with Gasteiger partial charge in [-0.1, -0.05) is 57.7 Å². The van der Waals surface area contributed by atoms with Crippen molar-refractivity contribution in [3.05, 3.63) is 29.8 Å². The summed E-state index contributed by atoms with van der Waals surface area (Å²) >= 11 is 0. The van der Waals surface area contributed by atoms with Crippen LogP contribution in [-0.2, 0) is 6.42 Å². The molecule has 0 aliphatic carbocycles. The van der Waals surface area contributed by atoms with Gasteiger partial charge in [0, 0.05) is 11.7 Å². The molecule has 1 heterocycles. The molecule has 1 aromatic rings. The Kier molecular flexibility index (Phi) is 4.47. The third-order valence-corrected chi connectivity index (χ3v) is 3.96. The lowest BCUT2D eigenvalue weighted by Crippen LogP contribution is -2.33. The van der Waals surface area contributed by atoms with E-state index >= 15 is 0 Å².